The zero-order valence-electron chi connectivity index (χ0n) is 14.3. The summed E-state index contributed by atoms with van der Waals surface area (Å²) in [4.78, 5) is 16.0. The summed E-state index contributed by atoms with van der Waals surface area (Å²) in [6, 6.07) is 28.7. The van der Waals surface area contributed by atoms with Crippen molar-refractivity contribution in [3.63, 3.8) is 0 Å². The van der Waals surface area contributed by atoms with E-state index in [1.54, 1.807) is 11.8 Å². The second-order valence-electron chi connectivity index (χ2n) is 6.18. The summed E-state index contributed by atoms with van der Waals surface area (Å²) in [6.45, 7) is 0. The number of hydrogen-bond donors (Lipinski definition) is 1. The van der Waals surface area contributed by atoms with Crippen molar-refractivity contribution in [2.45, 2.75) is 5.25 Å². The van der Waals surface area contributed by atoms with Crippen LogP contribution < -0.4 is 0 Å². The van der Waals surface area contributed by atoms with Crippen LogP contribution in [0, 0.1) is 0 Å². The maximum Gasteiger partial charge on any atom is 0.174 e. The summed E-state index contributed by atoms with van der Waals surface area (Å²) in [6.07, 6.45) is 1.83. The van der Waals surface area contributed by atoms with Crippen molar-refractivity contribution < 1.29 is 4.79 Å². The molecule has 0 saturated carbocycles. The van der Waals surface area contributed by atoms with Crippen LogP contribution in [0.1, 0.15) is 26.7 Å². The van der Waals surface area contributed by atoms with Crippen LogP contribution in [0.5, 0.6) is 0 Å². The number of hydrogen-bond acceptors (Lipinski definition) is 2. The van der Waals surface area contributed by atoms with Crippen molar-refractivity contribution in [3.05, 3.63) is 108 Å². The average Bonchev–Trinajstić information content (AvgIpc) is 3.14. The first kappa shape index (κ1) is 16.7. The standard InChI is InChI=1S/C23H19NOS/c25-22(20-15-24-21-14-8-7-13-19(20)21)16-26-23(17-9-3-1-4-10-17)18-11-5-2-6-12-18/h1-15,23-24H,16H2. The number of ketones is 1. The molecular formula is C23H19NOS. The second kappa shape index (κ2) is 7.63. The van der Waals surface area contributed by atoms with Gasteiger partial charge in [0.2, 0.25) is 0 Å². The molecule has 0 unspecified atom stereocenters. The Hall–Kier alpha value is -2.78. The van der Waals surface area contributed by atoms with E-state index in [1.165, 1.54) is 11.1 Å². The van der Waals surface area contributed by atoms with E-state index < -0.39 is 0 Å². The smallest absolute Gasteiger partial charge is 0.174 e. The molecule has 0 aliphatic rings. The highest BCUT2D eigenvalue weighted by Gasteiger charge is 2.18. The molecular weight excluding hydrogens is 338 g/mol. The fourth-order valence-corrected chi connectivity index (χ4v) is 4.35. The number of carbonyl (C=O) groups is 1. The Morgan fingerprint density at radius 1 is 0.808 bits per heavy atom. The van der Waals surface area contributed by atoms with Gasteiger partial charge in [0, 0.05) is 22.7 Å². The van der Waals surface area contributed by atoms with Gasteiger partial charge in [-0.25, -0.2) is 0 Å². The van der Waals surface area contributed by atoms with Gasteiger partial charge in [0.05, 0.1) is 11.0 Å². The molecule has 1 heterocycles. The van der Waals surface area contributed by atoms with Crippen LogP contribution in [0.4, 0.5) is 0 Å². The second-order valence-corrected chi connectivity index (χ2v) is 7.28. The van der Waals surface area contributed by atoms with E-state index >= 15 is 0 Å². The first-order valence-electron chi connectivity index (χ1n) is 8.64. The summed E-state index contributed by atoms with van der Waals surface area (Å²) in [5.41, 5.74) is 4.21. The number of H-pyrrole nitrogens is 1. The van der Waals surface area contributed by atoms with Gasteiger partial charge in [-0.2, -0.15) is 0 Å². The Balaban J connectivity index is 1.58. The number of nitrogens with one attached hydrogen (secondary N) is 1. The van der Waals surface area contributed by atoms with Gasteiger partial charge in [0.25, 0.3) is 0 Å². The molecule has 0 fully saturated rings. The van der Waals surface area contributed by atoms with Gasteiger partial charge in [0.1, 0.15) is 0 Å². The summed E-state index contributed by atoms with van der Waals surface area (Å²) >= 11 is 1.68. The Morgan fingerprint density at radius 3 is 2.04 bits per heavy atom. The SMILES string of the molecule is O=C(CSC(c1ccccc1)c1ccccc1)c1c[nH]c2ccccc12. The highest BCUT2D eigenvalue weighted by atomic mass is 32.2. The summed E-state index contributed by atoms with van der Waals surface area (Å²) in [5, 5.41) is 1.14. The number of rotatable bonds is 6. The fraction of sp³-hybridized carbons (Fsp3) is 0.0870. The summed E-state index contributed by atoms with van der Waals surface area (Å²) in [7, 11) is 0. The molecule has 128 valence electrons. The van der Waals surface area contributed by atoms with E-state index in [1.807, 2.05) is 66.9 Å². The Bertz CT molecular complexity index is 969. The molecule has 0 amide bonds. The van der Waals surface area contributed by atoms with Crippen molar-refractivity contribution in [2.75, 3.05) is 5.75 Å². The molecule has 0 spiro atoms. The van der Waals surface area contributed by atoms with Crippen LogP contribution in [-0.4, -0.2) is 16.5 Å². The van der Waals surface area contributed by atoms with Crippen LogP contribution in [0.3, 0.4) is 0 Å². The zero-order chi connectivity index (χ0) is 17.8. The highest BCUT2D eigenvalue weighted by molar-refractivity contribution is 8.00. The van der Waals surface area contributed by atoms with E-state index in [4.69, 9.17) is 0 Å². The number of fused-ring (bicyclic) bond motifs is 1. The maximum atomic E-state index is 12.8. The lowest BCUT2D eigenvalue weighted by atomic mass is 10.0. The predicted octanol–water partition coefficient (Wildman–Crippen LogP) is 5.87. The van der Waals surface area contributed by atoms with Crippen LogP contribution >= 0.6 is 11.8 Å². The first-order valence-corrected chi connectivity index (χ1v) is 9.68. The van der Waals surface area contributed by atoms with Gasteiger partial charge < -0.3 is 4.98 Å². The van der Waals surface area contributed by atoms with Gasteiger partial charge in [-0.15, -0.1) is 11.8 Å². The monoisotopic (exact) mass is 357 g/mol. The third-order valence-corrected chi connectivity index (χ3v) is 5.78. The predicted molar refractivity (Wildman–Crippen MR) is 110 cm³/mol. The average molecular weight is 357 g/mol. The quantitative estimate of drug-likeness (QED) is 0.438. The molecule has 2 nitrogen and oxygen atoms in total. The minimum atomic E-state index is 0.145. The van der Waals surface area contributed by atoms with Crippen molar-refractivity contribution in [1.29, 1.82) is 0 Å². The minimum absolute atomic E-state index is 0.145. The molecule has 0 aliphatic heterocycles. The molecule has 26 heavy (non-hydrogen) atoms. The van der Waals surface area contributed by atoms with E-state index in [0.717, 1.165) is 16.5 Å². The van der Waals surface area contributed by atoms with Crippen LogP contribution in [-0.2, 0) is 0 Å². The molecule has 4 rings (SSSR count). The molecule has 4 aromatic rings. The number of para-hydroxylation sites is 1. The Kier molecular flexibility index (Phi) is 4.89. The van der Waals surface area contributed by atoms with Gasteiger partial charge in [-0.1, -0.05) is 78.9 Å². The maximum absolute atomic E-state index is 12.8. The van der Waals surface area contributed by atoms with Crippen molar-refractivity contribution in [2.24, 2.45) is 0 Å². The van der Waals surface area contributed by atoms with Crippen LogP contribution in [0.2, 0.25) is 0 Å². The lowest BCUT2D eigenvalue weighted by molar-refractivity contribution is 0.102. The number of benzene rings is 3. The number of aromatic amines is 1. The molecule has 1 N–H and O–H groups in total. The van der Waals surface area contributed by atoms with E-state index in [0.29, 0.717) is 5.75 Å². The van der Waals surface area contributed by atoms with Crippen molar-refractivity contribution >= 4 is 28.4 Å². The van der Waals surface area contributed by atoms with Gasteiger partial charge in [-0.3, -0.25) is 4.79 Å². The van der Waals surface area contributed by atoms with Crippen molar-refractivity contribution in [1.82, 2.24) is 4.98 Å². The first-order chi connectivity index (χ1) is 12.8. The fourth-order valence-electron chi connectivity index (χ4n) is 3.18. The van der Waals surface area contributed by atoms with Gasteiger partial charge in [-0.05, 0) is 17.2 Å². The number of carbonyl (C=O) groups excluding carboxylic acids is 1. The molecule has 0 radical (unpaired) electrons. The number of Topliss-reactive ketones (excluding diaryl/α,β-unsaturated/α-hetero) is 1. The van der Waals surface area contributed by atoms with Crippen LogP contribution in [0.25, 0.3) is 10.9 Å². The largest absolute Gasteiger partial charge is 0.360 e. The number of thioether (sulfide) groups is 1. The lowest BCUT2D eigenvalue weighted by Gasteiger charge is -2.17. The van der Waals surface area contributed by atoms with Crippen LogP contribution in [0.15, 0.2) is 91.1 Å². The normalized spacial score (nSPS) is 11.1. The molecule has 0 atom stereocenters. The Morgan fingerprint density at radius 2 is 1.38 bits per heavy atom. The lowest BCUT2D eigenvalue weighted by Crippen LogP contribution is -2.05. The topological polar surface area (TPSA) is 32.9 Å². The highest BCUT2D eigenvalue weighted by Crippen LogP contribution is 2.36. The molecule has 3 heteroatoms. The third kappa shape index (κ3) is 3.44. The third-order valence-electron chi connectivity index (χ3n) is 4.48. The molecule has 0 bridgehead atoms. The summed E-state index contributed by atoms with van der Waals surface area (Å²) < 4.78 is 0. The summed E-state index contributed by atoms with van der Waals surface area (Å²) in [5.74, 6) is 0.598. The van der Waals surface area contributed by atoms with E-state index in [2.05, 4.69) is 29.2 Å². The van der Waals surface area contributed by atoms with E-state index in [-0.39, 0.29) is 11.0 Å². The zero-order valence-corrected chi connectivity index (χ0v) is 15.1. The minimum Gasteiger partial charge on any atom is -0.360 e. The number of aromatic nitrogens is 1. The van der Waals surface area contributed by atoms with Crippen molar-refractivity contribution in [3.8, 4) is 0 Å². The van der Waals surface area contributed by atoms with E-state index in [9.17, 15) is 4.79 Å². The van der Waals surface area contributed by atoms with Gasteiger partial charge >= 0.3 is 0 Å². The van der Waals surface area contributed by atoms with Gasteiger partial charge in [0.15, 0.2) is 5.78 Å². The molecule has 1 aromatic heterocycles. The molecule has 3 aromatic carbocycles. The molecule has 0 aliphatic carbocycles. The Labute approximate surface area is 157 Å². The molecule has 0 saturated heterocycles.